The number of hydrogen-bond donors (Lipinski definition) is 2. The summed E-state index contributed by atoms with van der Waals surface area (Å²) in [5.41, 5.74) is 2.24. The first-order chi connectivity index (χ1) is 9.47. The van der Waals surface area contributed by atoms with Gasteiger partial charge >= 0.3 is 5.97 Å². The van der Waals surface area contributed by atoms with Crippen LogP contribution >= 0.6 is 23.2 Å². The fourth-order valence-corrected chi connectivity index (χ4v) is 2.62. The normalized spacial score (nSPS) is 10.5. The number of phenolic OH excluding ortho intramolecular Hbond substituents is 1. The van der Waals surface area contributed by atoms with Gasteiger partial charge in [-0.2, -0.15) is 0 Å². The molecule has 0 fully saturated rings. The van der Waals surface area contributed by atoms with Gasteiger partial charge in [0, 0.05) is 16.5 Å². The molecule has 0 aliphatic carbocycles. The van der Waals surface area contributed by atoms with E-state index in [1.807, 2.05) is 12.1 Å². The second-order valence-electron chi connectivity index (χ2n) is 4.40. The molecule has 0 aliphatic rings. The van der Waals surface area contributed by atoms with Crippen molar-refractivity contribution in [3.63, 3.8) is 0 Å². The highest BCUT2D eigenvalue weighted by molar-refractivity contribution is 6.36. The topological polar surface area (TPSA) is 57.5 Å². The van der Waals surface area contributed by atoms with Crippen LogP contribution in [0.5, 0.6) is 5.75 Å². The fourth-order valence-electron chi connectivity index (χ4n) is 2.01. The number of aromatic hydroxyl groups is 1. The van der Waals surface area contributed by atoms with Crippen LogP contribution in [0.25, 0.3) is 0 Å². The van der Waals surface area contributed by atoms with Crippen molar-refractivity contribution in [2.45, 2.75) is 12.8 Å². The lowest BCUT2D eigenvalue weighted by Gasteiger charge is -2.11. The molecule has 3 nitrogen and oxygen atoms in total. The van der Waals surface area contributed by atoms with Crippen molar-refractivity contribution >= 4 is 29.2 Å². The third-order valence-corrected chi connectivity index (χ3v) is 3.63. The van der Waals surface area contributed by atoms with Gasteiger partial charge < -0.3 is 10.2 Å². The van der Waals surface area contributed by atoms with Gasteiger partial charge in [0.25, 0.3) is 0 Å². The molecular formula is C15H12Cl2O3. The predicted molar refractivity (Wildman–Crippen MR) is 78.7 cm³/mol. The second-order valence-corrected chi connectivity index (χ2v) is 5.22. The molecule has 0 saturated carbocycles. The molecule has 5 heteroatoms. The molecule has 0 aliphatic heterocycles. The van der Waals surface area contributed by atoms with E-state index in [0.29, 0.717) is 22.0 Å². The molecule has 0 heterocycles. The molecule has 20 heavy (non-hydrogen) atoms. The predicted octanol–water partition coefficient (Wildman–Crippen LogP) is 3.92. The summed E-state index contributed by atoms with van der Waals surface area (Å²) in [6.07, 6.45) is 0.366. The fraction of sp³-hybridized carbons (Fsp3) is 0.133. The maximum Gasteiger partial charge on any atom is 0.307 e. The van der Waals surface area contributed by atoms with Gasteiger partial charge in [-0.05, 0) is 28.8 Å². The molecule has 0 saturated heterocycles. The smallest absolute Gasteiger partial charge is 0.307 e. The number of carboxylic acid groups (broad SMARTS) is 1. The van der Waals surface area contributed by atoms with E-state index in [4.69, 9.17) is 28.3 Å². The van der Waals surface area contributed by atoms with Crippen LogP contribution in [-0.2, 0) is 17.6 Å². The number of aliphatic carboxylic acids is 1. The lowest BCUT2D eigenvalue weighted by atomic mass is 9.98. The SMILES string of the molecule is O=C(O)Cc1ccccc1Cc1c(Cl)cc(O)cc1Cl. The highest BCUT2D eigenvalue weighted by Crippen LogP contribution is 2.32. The van der Waals surface area contributed by atoms with E-state index >= 15 is 0 Å². The molecule has 2 N–H and O–H groups in total. The Morgan fingerprint density at radius 2 is 1.60 bits per heavy atom. The van der Waals surface area contributed by atoms with Crippen LogP contribution in [0.1, 0.15) is 16.7 Å². The van der Waals surface area contributed by atoms with E-state index in [2.05, 4.69) is 0 Å². The number of benzene rings is 2. The number of hydrogen-bond acceptors (Lipinski definition) is 2. The third-order valence-electron chi connectivity index (χ3n) is 2.95. The average molecular weight is 311 g/mol. The number of halogens is 2. The molecule has 2 aromatic carbocycles. The maximum atomic E-state index is 10.9. The van der Waals surface area contributed by atoms with E-state index in [-0.39, 0.29) is 12.2 Å². The molecule has 104 valence electrons. The van der Waals surface area contributed by atoms with Gasteiger partial charge in [-0.15, -0.1) is 0 Å². The summed E-state index contributed by atoms with van der Waals surface area (Å²) in [5, 5.41) is 19.1. The first-order valence-electron chi connectivity index (χ1n) is 5.93. The molecule has 0 unspecified atom stereocenters. The minimum Gasteiger partial charge on any atom is -0.508 e. The van der Waals surface area contributed by atoms with Crippen molar-refractivity contribution in [3.05, 3.63) is 63.1 Å². The number of carboxylic acids is 1. The highest BCUT2D eigenvalue weighted by atomic mass is 35.5. The van der Waals surface area contributed by atoms with Crippen molar-refractivity contribution in [2.24, 2.45) is 0 Å². The maximum absolute atomic E-state index is 10.9. The lowest BCUT2D eigenvalue weighted by Crippen LogP contribution is -2.04. The zero-order valence-electron chi connectivity index (χ0n) is 10.4. The first-order valence-corrected chi connectivity index (χ1v) is 6.68. The highest BCUT2D eigenvalue weighted by Gasteiger charge is 2.12. The molecule has 0 radical (unpaired) electrons. The number of carbonyl (C=O) groups is 1. The van der Waals surface area contributed by atoms with Crippen LogP contribution in [-0.4, -0.2) is 16.2 Å². The summed E-state index contributed by atoms with van der Waals surface area (Å²) >= 11 is 12.2. The zero-order valence-corrected chi connectivity index (χ0v) is 11.9. The summed E-state index contributed by atoms with van der Waals surface area (Å²) in [6.45, 7) is 0. The van der Waals surface area contributed by atoms with E-state index in [1.165, 1.54) is 12.1 Å². The molecule has 0 bridgehead atoms. The van der Waals surface area contributed by atoms with E-state index in [1.54, 1.807) is 12.1 Å². The molecule has 2 rings (SSSR count). The Bertz CT molecular complexity index is 630. The minimum atomic E-state index is -0.889. The Kier molecular flexibility index (Phi) is 4.53. The van der Waals surface area contributed by atoms with E-state index in [9.17, 15) is 9.90 Å². The van der Waals surface area contributed by atoms with Gasteiger partial charge in [0.15, 0.2) is 0 Å². The Morgan fingerprint density at radius 3 is 2.15 bits per heavy atom. The number of rotatable bonds is 4. The van der Waals surface area contributed by atoms with Gasteiger partial charge in [-0.25, -0.2) is 0 Å². The molecule has 0 aromatic heterocycles. The summed E-state index contributed by atoms with van der Waals surface area (Å²) < 4.78 is 0. The van der Waals surface area contributed by atoms with Crippen LogP contribution in [0, 0.1) is 0 Å². The Balaban J connectivity index is 2.38. The molecule has 0 spiro atoms. The Morgan fingerprint density at radius 1 is 1.05 bits per heavy atom. The largest absolute Gasteiger partial charge is 0.508 e. The minimum absolute atomic E-state index is 0.00238. The van der Waals surface area contributed by atoms with Crippen LogP contribution < -0.4 is 0 Å². The molecular weight excluding hydrogens is 299 g/mol. The summed E-state index contributed by atoms with van der Waals surface area (Å²) in [5.74, 6) is -0.886. The lowest BCUT2D eigenvalue weighted by molar-refractivity contribution is -0.136. The third kappa shape index (κ3) is 3.44. The summed E-state index contributed by atoms with van der Waals surface area (Å²) in [4.78, 5) is 10.9. The quantitative estimate of drug-likeness (QED) is 0.900. The van der Waals surface area contributed by atoms with E-state index in [0.717, 1.165) is 11.1 Å². The van der Waals surface area contributed by atoms with Gasteiger partial charge in [0.05, 0.1) is 6.42 Å². The molecule has 0 amide bonds. The average Bonchev–Trinajstić information content (AvgIpc) is 2.34. The monoisotopic (exact) mass is 310 g/mol. The Hall–Kier alpha value is -1.71. The first kappa shape index (κ1) is 14.7. The molecule has 0 atom stereocenters. The number of phenols is 1. The molecule has 2 aromatic rings. The van der Waals surface area contributed by atoms with Crippen molar-refractivity contribution < 1.29 is 15.0 Å². The van der Waals surface area contributed by atoms with Gasteiger partial charge in [0.1, 0.15) is 5.75 Å². The second kappa shape index (κ2) is 6.16. The van der Waals surface area contributed by atoms with Gasteiger partial charge in [0.2, 0.25) is 0 Å². The van der Waals surface area contributed by atoms with Crippen LogP contribution in [0.2, 0.25) is 10.0 Å². The van der Waals surface area contributed by atoms with Crippen molar-refractivity contribution in [1.82, 2.24) is 0 Å². The van der Waals surface area contributed by atoms with Crippen molar-refractivity contribution in [3.8, 4) is 5.75 Å². The van der Waals surface area contributed by atoms with Gasteiger partial charge in [-0.1, -0.05) is 47.5 Å². The van der Waals surface area contributed by atoms with Crippen LogP contribution in [0.4, 0.5) is 0 Å². The van der Waals surface area contributed by atoms with Gasteiger partial charge in [-0.3, -0.25) is 4.79 Å². The Labute approximate surface area is 126 Å². The van der Waals surface area contributed by atoms with Crippen LogP contribution in [0.3, 0.4) is 0 Å². The summed E-state index contributed by atoms with van der Waals surface area (Å²) in [6, 6.07) is 10.1. The van der Waals surface area contributed by atoms with Crippen molar-refractivity contribution in [1.29, 1.82) is 0 Å². The van der Waals surface area contributed by atoms with E-state index < -0.39 is 5.97 Å². The summed E-state index contributed by atoms with van der Waals surface area (Å²) in [7, 11) is 0. The standard InChI is InChI=1S/C15H12Cl2O3/c16-13-7-11(18)8-14(17)12(13)5-9-3-1-2-4-10(9)6-15(19)20/h1-4,7-8,18H,5-6H2,(H,19,20). The van der Waals surface area contributed by atoms with Crippen molar-refractivity contribution in [2.75, 3.05) is 0 Å². The van der Waals surface area contributed by atoms with Crippen LogP contribution in [0.15, 0.2) is 36.4 Å². The zero-order chi connectivity index (χ0) is 14.7.